The van der Waals surface area contributed by atoms with Gasteiger partial charge in [-0.25, -0.2) is 0 Å². The molecule has 192 valence electrons. The van der Waals surface area contributed by atoms with E-state index >= 15 is 0 Å². The van der Waals surface area contributed by atoms with Crippen molar-refractivity contribution < 1.29 is 19.1 Å². The van der Waals surface area contributed by atoms with Crippen LogP contribution in [0.25, 0.3) is 17.0 Å². The van der Waals surface area contributed by atoms with Gasteiger partial charge in [0.1, 0.15) is 18.9 Å². The number of nitrogens with zero attached hydrogens (tertiary/aromatic N) is 3. The lowest BCUT2D eigenvalue weighted by Crippen LogP contribution is -2.34. The molecule has 2 saturated heterocycles. The molecule has 2 aromatic carbocycles. The number of carbonyl (C=O) groups is 3. The fourth-order valence-corrected chi connectivity index (χ4v) is 5.93. The van der Waals surface area contributed by atoms with Gasteiger partial charge in [-0.15, -0.1) is 0 Å². The highest BCUT2D eigenvalue weighted by atomic mass is 79.9. The Balaban J connectivity index is 1.34. The SMILES string of the molecule is O=C(Cn1cc(/C=C2\SC(=O)N(CCOc3ccccc3)C2=O)c2cc(Br)ccc21)N1CCCCCC1. The Morgan fingerprint density at radius 1 is 1.03 bits per heavy atom. The zero-order chi connectivity index (χ0) is 25.8. The molecule has 7 nitrogen and oxygen atoms in total. The van der Waals surface area contributed by atoms with E-state index in [-0.39, 0.29) is 36.7 Å². The standard InChI is InChI=1S/C28H28BrN3O4S/c29-21-10-11-24-23(17-21)20(18-31(24)19-26(33)30-12-6-1-2-7-13-30)16-25-27(34)32(28(35)37-25)14-15-36-22-8-4-3-5-9-22/h3-5,8-11,16-18H,1-2,6-7,12-15,19H2/b25-16-. The van der Waals surface area contributed by atoms with E-state index in [2.05, 4.69) is 15.9 Å². The molecule has 0 aliphatic carbocycles. The Morgan fingerprint density at radius 2 is 1.78 bits per heavy atom. The number of carbonyl (C=O) groups excluding carboxylic acids is 3. The molecule has 3 aromatic rings. The molecule has 2 fully saturated rings. The lowest BCUT2D eigenvalue weighted by Gasteiger charge is -2.20. The van der Waals surface area contributed by atoms with Crippen molar-refractivity contribution >= 4 is 61.7 Å². The highest BCUT2D eigenvalue weighted by molar-refractivity contribution is 9.10. The Bertz CT molecular complexity index is 1350. The van der Waals surface area contributed by atoms with Gasteiger partial charge in [-0.05, 0) is 61.0 Å². The number of aromatic nitrogens is 1. The highest BCUT2D eigenvalue weighted by Gasteiger charge is 2.35. The van der Waals surface area contributed by atoms with Crippen LogP contribution in [0.15, 0.2) is 64.1 Å². The fourth-order valence-electron chi connectivity index (χ4n) is 4.71. The van der Waals surface area contributed by atoms with Crippen LogP contribution >= 0.6 is 27.7 Å². The van der Waals surface area contributed by atoms with E-state index in [1.54, 1.807) is 6.08 Å². The maximum absolute atomic E-state index is 13.1. The van der Waals surface area contributed by atoms with E-state index in [1.807, 2.05) is 64.2 Å². The third-order valence-corrected chi connectivity index (χ3v) is 8.03. The number of hydrogen-bond donors (Lipinski definition) is 0. The highest BCUT2D eigenvalue weighted by Crippen LogP contribution is 2.35. The first-order chi connectivity index (χ1) is 18.0. The van der Waals surface area contributed by atoms with Crippen molar-refractivity contribution in [2.75, 3.05) is 26.2 Å². The molecule has 2 aliphatic heterocycles. The van der Waals surface area contributed by atoms with Gasteiger partial charge in [0.05, 0.1) is 11.4 Å². The molecule has 0 atom stereocenters. The van der Waals surface area contributed by atoms with Crippen LogP contribution in [0.3, 0.4) is 0 Å². The number of hydrogen-bond acceptors (Lipinski definition) is 5. The fraction of sp³-hybridized carbons (Fsp3) is 0.321. The number of para-hydroxylation sites is 1. The topological polar surface area (TPSA) is 71.9 Å². The molecule has 3 amide bonds. The summed E-state index contributed by atoms with van der Waals surface area (Å²) in [6, 6.07) is 15.2. The van der Waals surface area contributed by atoms with Crippen molar-refractivity contribution in [2.45, 2.75) is 32.2 Å². The van der Waals surface area contributed by atoms with Gasteiger partial charge in [0.25, 0.3) is 11.1 Å². The van der Waals surface area contributed by atoms with Gasteiger partial charge in [-0.2, -0.15) is 0 Å². The monoisotopic (exact) mass is 581 g/mol. The van der Waals surface area contributed by atoms with Gasteiger partial charge < -0.3 is 14.2 Å². The van der Waals surface area contributed by atoms with Gasteiger partial charge in [0.2, 0.25) is 5.91 Å². The summed E-state index contributed by atoms with van der Waals surface area (Å²) in [4.78, 5) is 42.3. The summed E-state index contributed by atoms with van der Waals surface area (Å²) in [7, 11) is 0. The Kier molecular flexibility index (Phi) is 8.00. The minimum Gasteiger partial charge on any atom is -0.492 e. The summed E-state index contributed by atoms with van der Waals surface area (Å²) in [5, 5.41) is 0.603. The second-order valence-corrected chi connectivity index (χ2v) is 11.1. The molecule has 1 aromatic heterocycles. The maximum Gasteiger partial charge on any atom is 0.293 e. The van der Waals surface area contributed by atoms with Crippen LogP contribution in [0.1, 0.15) is 31.2 Å². The van der Waals surface area contributed by atoms with Gasteiger partial charge in [0, 0.05) is 40.2 Å². The molecule has 3 heterocycles. The van der Waals surface area contributed by atoms with Crippen LogP contribution in [0.2, 0.25) is 0 Å². The summed E-state index contributed by atoms with van der Waals surface area (Å²) in [6.07, 6.45) is 8.08. The molecule has 37 heavy (non-hydrogen) atoms. The van der Waals surface area contributed by atoms with E-state index in [0.717, 1.165) is 58.6 Å². The number of thioether (sulfide) groups is 1. The number of fused-ring (bicyclic) bond motifs is 1. The molecule has 9 heteroatoms. The molecular formula is C28H28BrN3O4S. The number of halogens is 1. The minimum absolute atomic E-state index is 0.104. The molecule has 5 rings (SSSR count). The third-order valence-electron chi connectivity index (χ3n) is 6.63. The molecule has 2 aliphatic rings. The molecular weight excluding hydrogens is 554 g/mol. The number of ether oxygens (including phenoxy) is 1. The molecule has 0 spiro atoms. The molecule has 0 radical (unpaired) electrons. The smallest absolute Gasteiger partial charge is 0.293 e. The van der Waals surface area contributed by atoms with Crippen molar-refractivity contribution in [1.29, 1.82) is 0 Å². The molecule has 0 N–H and O–H groups in total. The van der Waals surface area contributed by atoms with Crippen LogP contribution < -0.4 is 4.74 Å². The van der Waals surface area contributed by atoms with Crippen molar-refractivity contribution in [1.82, 2.24) is 14.4 Å². The predicted octanol–water partition coefficient (Wildman–Crippen LogP) is 5.92. The van der Waals surface area contributed by atoms with Crippen molar-refractivity contribution in [3.05, 3.63) is 69.7 Å². The van der Waals surface area contributed by atoms with Crippen LogP contribution in [-0.2, 0) is 16.1 Å². The summed E-state index contributed by atoms with van der Waals surface area (Å²) in [6.45, 7) is 2.24. The lowest BCUT2D eigenvalue weighted by atomic mass is 10.1. The predicted molar refractivity (Wildman–Crippen MR) is 149 cm³/mol. The average Bonchev–Trinajstić information content (AvgIpc) is 3.20. The minimum atomic E-state index is -0.330. The first-order valence-electron chi connectivity index (χ1n) is 12.5. The van der Waals surface area contributed by atoms with Gasteiger partial charge in [0.15, 0.2) is 0 Å². The van der Waals surface area contributed by atoms with Crippen LogP contribution in [0.5, 0.6) is 5.75 Å². The summed E-state index contributed by atoms with van der Waals surface area (Å²) < 4.78 is 8.51. The van der Waals surface area contributed by atoms with Gasteiger partial charge >= 0.3 is 0 Å². The van der Waals surface area contributed by atoms with Gasteiger partial charge in [-0.1, -0.05) is 47.0 Å². The van der Waals surface area contributed by atoms with E-state index in [9.17, 15) is 14.4 Å². The maximum atomic E-state index is 13.1. The number of imide groups is 1. The third kappa shape index (κ3) is 5.93. The van der Waals surface area contributed by atoms with Gasteiger partial charge in [-0.3, -0.25) is 19.3 Å². The van der Waals surface area contributed by atoms with Crippen molar-refractivity contribution in [3.63, 3.8) is 0 Å². The second kappa shape index (κ2) is 11.6. The zero-order valence-electron chi connectivity index (χ0n) is 20.4. The number of likely N-dealkylation sites (tertiary alicyclic amines) is 1. The van der Waals surface area contributed by atoms with E-state index in [0.29, 0.717) is 10.7 Å². The Hall–Kier alpha value is -3.04. The normalized spacial score (nSPS) is 17.6. The first-order valence-corrected chi connectivity index (χ1v) is 14.1. The largest absolute Gasteiger partial charge is 0.492 e. The van der Waals surface area contributed by atoms with Crippen molar-refractivity contribution in [3.8, 4) is 5.75 Å². The number of benzene rings is 2. The number of amides is 3. The van der Waals surface area contributed by atoms with Crippen LogP contribution in [-0.4, -0.2) is 57.7 Å². The molecule has 0 saturated carbocycles. The lowest BCUT2D eigenvalue weighted by molar-refractivity contribution is -0.131. The Labute approximate surface area is 228 Å². The summed E-state index contributed by atoms with van der Waals surface area (Å²) >= 11 is 4.47. The number of rotatable bonds is 7. The summed E-state index contributed by atoms with van der Waals surface area (Å²) in [5.41, 5.74) is 1.71. The van der Waals surface area contributed by atoms with E-state index in [1.165, 1.54) is 17.7 Å². The zero-order valence-corrected chi connectivity index (χ0v) is 22.8. The van der Waals surface area contributed by atoms with E-state index in [4.69, 9.17) is 4.74 Å². The quantitative estimate of drug-likeness (QED) is 0.324. The molecule has 0 bridgehead atoms. The molecule has 0 unspecified atom stereocenters. The van der Waals surface area contributed by atoms with Crippen LogP contribution in [0.4, 0.5) is 4.79 Å². The Morgan fingerprint density at radius 3 is 2.54 bits per heavy atom. The second-order valence-electron chi connectivity index (χ2n) is 9.16. The first kappa shape index (κ1) is 25.6. The van der Waals surface area contributed by atoms with Crippen molar-refractivity contribution in [2.24, 2.45) is 0 Å². The van der Waals surface area contributed by atoms with Crippen LogP contribution in [0, 0.1) is 0 Å². The summed E-state index contributed by atoms with van der Waals surface area (Å²) in [5.74, 6) is 0.466. The average molecular weight is 583 g/mol. The van der Waals surface area contributed by atoms with E-state index < -0.39 is 0 Å².